The average molecular weight is 712 g/mol. The largest absolute Gasteiger partial charge is 0.416 e. The summed E-state index contributed by atoms with van der Waals surface area (Å²) in [6, 6.07) is 21.5. The van der Waals surface area contributed by atoms with Crippen molar-refractivity contribution in [2.75, 3.05) is 29.5 Å². The average Bonchev–Trinajstić information content (AvgIpc) is 3.07. The van der Waals surface area contributed by atoms with E-state index in [1.165, 1.54) is 36.4 Å². The van der Waals surface area contributed by atoms with Crippen molar-refractivity contribution < 1.29 is 49.8 Å². The number of amides is 1. The van der Waals surface area contributed by atoms with E-state index in [2.05, 4.69) is 10.6 Å². The first-order valence-corrected chi connectivity index (χ1v) is 16.4. The van der Waals surface area contributed by atoms with E-state index in [0.717, 1.165) is 24.3 Å². The number of alkyl halides is 6. The molecule has 0 heterocycles. The van der Waals surface area contributed by atoms with Crippen LogP contribution in [0.25, 0.3) is 0 Å². The van der Waals surface area contributed by atoms with Crippen LogP contribution in [0.5, 0.6) is 0 Å². The minimum Gasteiger partial charge on any atom is -0.387 e. The third-order valence-corrected chi connectivity index (χ3v) is 8.91. The van der Waals surface area contributed by atoms with E-state index >= 15 is 0 Å². The molecule has 15 heteroatoms. The van der Waals surface area contributed by atoms with Gasteiger partial charge in [0.15, 0.2) is 9.84 Å². The molecule has 6 N–H and O–H groups in total. The SMILES string of the molecule is CCS(=O)(=O)c1ccc(CC(=O)Nc2ccc(NCC(O)c3ccc(C(F)(F)F)cc3)cc2)cc1.NCC(O)c1ccc(C(F)(F)F)cc1. The Hall–Kier alpha value is -4.44. The van der Waals surface area contributed by atoms with Crippen LogP contribution in [0.2, 0.25) is 0 Å². The van der Waals surface area contributed by atoms with Gasteiger partial charge >= 0.3 is 12.4 Å². The molecule has 0 saturated carbocycles. The van der Waals surface area contributed by atoms with E-state index in [4.69, 9.17) is 5.73 Å². The van der Waals surface area contributed by atoms with Gasteiger partial charge in [-0.3, -0.25) is 4.79 Å². The highest BCUT2D eigenvalue weighted by Gasteiger charge is 2.31. The maximum atomic E-state index is 12.7. The van der Waals surface area contributed by atoms with Gasteiger partial charge in [-0.1, -0.05) is 43.3 Å². The zero-order chi connectivity index (χ0) is 36.4. The lowest BCUT2D eigenvalue weighted by atomic mass is 10.1. The fourth-order valence-electron chi connectivity index (χ4n) is 4.30. The molecule has 0 radical (unpaired) electrons. The standard InChI is InChI=1S/C25H25F3N2O4S.C9H10F3NO/c1-2-35(33,34)22-13-3-17(4-14-22)15-24(32)30-21-11-9-20(10-12-21)29-16-23(31)18-5-7-19(8-6-18)25(26,27)28;10-9(11,12)7-3-1-6(2-4-7)8(14)5-13/h3-14,23,29,31H,2,15-16H2,1H3,(H,30,32);1-4,8,14H,5,13H2. The van der Waals surface area contributed by atoms with Gasteiger partial charge in [-0.25, -0.2) is 8.42 Å². The van der Waals surface area contributed by atoms with Crippen LogP contribution >= 0.6 is 0 Å². The number of rotatable bonds is 11. The maximum Gasteiger partial charge on any atom is 0.416 e. The van der Waals surface area contributed by atoms with E-state index in [-0.39, 0.29) is 36.1 Å². The molecule has 0 aliphatic carbocycles. The van der Waals surface area contributed by atoms with Crippen molar-refractivity contribution in [2.24, 2.45) is 5.73 Å². The number of carbonyl (C=O) groups is 1. The lowest BCUT2D eigenvalue weighted by Gasteiger charge is -2.15. The van der Waals surface area contributed by atoms with Crippen LogP contribution in [0.15, 0.2) is 102 Å². The lowest BCUT2D eigenvalue weighted by molar-refractivity contribution is -0.138. The Balaban J connectivity index is 0.000000388. The summed E-state index contributed by atoms with van der Waals surface area (Å²) >= 11 is 0. The van der Waals surface area contributed by atoms with Crippen molar-refractivity contribution in [1.82, 2.24) is 0 Å². The fourth-order valence-corrected chi connectivity index (χ4v) is 5.18. The first kappa shape index (κ1) is 39.0. The number of aliphatic hydroxyl groups is 2. The predicted octanol–water partition coefficient (Wildman–Crippen LogP) is 6.52. The van der Waals surface area contributed by atoms with Crippen molar-refractivity contribution in [3.8, 4) is 0 Å². The second kappa shape index (κ2) is 16.8. The summed E-state index contributed by atoms with van der Waals surface area (Å²) < 4.78 is 98.1. The zero-order valence-corrected chi connectivity index (χ0v) is 26.9. The molecule has 0 aromatic heterocycles. The van der Waals surface area contributed by atoms with Crippen LogP contribution in [0, 0.1) is 0 Å². The van der Waals surface area contributed by atoms with Gasteiger partial charge in [0.25, 0.3) is 0 Å². The number of anilines is 2. The van der Waals surface area contributed by atoms with E-state index in [1.807, 2.05) is 0 Å². The molecular formula is C34H35F6N3O5S. The Morgan fingerprint density at radius 2 is 1.16 bits per heavy atom. The third kappa shape index (κ3) is 11.9. The molecular weight excluding hydrogens is 676 g/mol. The van der Waals surface area contributed by atoms with Crippen molar-refractivity contribution in [3.05, 3.63) is 125 Å². The molecule has 4 aromatic rings. The summed E-state index contributed by atoms with van der Waals surface area (Å²) in [5, 5.41) is 25.2. The highest BCUT2D eigenvalue weighted by Crippen LogP contribution is 2.31. The highest BCUT2D eigenvalue weighted by atomic mass is 32.2. The van der Waals surface area contributed by atoms with E-state index < -0.39 is 45.5 Å². The second-order valence-electron chi connectivity index (χ2n) is 10.7. The van der Waals surface area contributed by atoms with Gasteiger partial charge < -0.3 is 26.6 Å². The summed E-state index contributed by atoms with van der Waals surface area (Å²) in [5.41, 5.74) is 6.27. The van der Waals surface area contributed by atoms with Crippen LogP contribution in [0.3, 0.4) is 0 Å². The highest BCUT2D eigenvalue weighted by molar-refractivity contribution is 7.91. The Labute approximate surface area is 279 Å². The number of halogens is 6. The van der Waals surface area contributed by atoms with Gasteiger partial charge in [0.05, 0.1) is 40.4 Å². The summed E-state index contributed by atoms with van der Waals surface area (Å²) in [7, 11) is -3.29. The number of hydrogen-bond acceptors (Lipinski definition) is 7. The predicted molar refractivity (Wildman–Crippen MR) is 173 cm³/mol. The number of benzene rings is 4. The van der Waals surface area contributed by atoms with Crippen LogP contribution in [-0.2, 0) is 33.4 Å². The Morgan fingerprint density at radius 3 is 1.59 bits per heavy atom. The molecule has 2 atom stereocenters. The number of carbonyl (C=O) groups excluding carboxylic acids is 1. The molecule has 4 aromatic carbocycles. The number of nitrogens with one attached hydrogen (secondary N) is 2. The van der Waals surface area contributed by atoms with Crippen LogP contribution in [-0.4, -0.2) is 43.4 Å². The zero-order valence-electron chi connectivity index (χ0n) is 26.1. The molecule has 0 bridgehead atoms. The molecule has 264 valence electrons. The first-order chi connectivity index (χ1) is 22.9. The summed E-state index contributed by atoms with van der Waals surface area (Å²) in [6.45, 7) is 1.64. The monoisotopic (exact) mass is 711 g/mol. The van der Waals surface area contributed by atoms with E-state index in [1.54, 1.807) is 43.3 Å². The third-order valence-electron chi connectivity index (χ3n) is 7.16. The van der Waals surface area contributed by atoms with Crippen molar-refractivity contribution in [3.63, 3.8) is 0 Å². The quantitative estimate of drug-likeness (QED) is 0.112. The van der Waals surface area contributed by atoms with Crippen molar-refractivity contribution in [2.45, 2.75) is 42.8 Å². The summed E-state index contributed by atoms with van der Waals surface area (Å²) in [5.74, 6) is -0.263. The number of sulfone groups is 1. The minimum atomic E-state index is -4.43. The molecule has 4 rings (SSSR count). The van der Waals surface area contributed by atoms with Crippen molar-refractivity contribution in [1.29, 1.82) is 0 Å². The van der Waals surface area contributed by atoms with Crippen LogP contribution < -0.4 is 16.4 Å². The van der Waals surface area contributed by atoms with Gasteiger partial charge in [0.1, 0.15) is 0 Å². The number of hydrogen-bond donors (Lipinski definition) is 5. The van der Waals surface area contributed by atoms with Crippen LogP contribution in [0.4, 0.5) is 37.7 Å². The maximum absolute atomic E-state index is 12.7. The fraction of sp³-hybridized carbons (Fsp3) is 0.265. The smallest absolute Gasteiger partial charge is 0.387 e. The Bertz CT molecular complexity index is 1750. The summed E-state index contributed by atoms with van der Waals surface area (Å²) in [6.07, 6.45) is -10.6. The molecule has 0 aliphatic rings. The lowest BCUT2D eigenvalue weighted by Crippen LogP contribution is -2.15. The number of aliphatic hydroxyl groups excluding tert-OH is 2. The van der Waals surface area contributed by atoms with Gasteiger partial charge in [-0.2, -0.15) is 26.3 Å². The van der Waals surface area contributed by atoms with Gasteiger partial charge in [-0.05, 0) is 77.4 Å². The second-order valence-corrected chi connectivity index (χ2v) is 13.0. The normalized spacial score (nSPS) is 13.1. The summed E-state index contributed by atoms with van der Waals surface area (Å²) in [4.78, 5) is 12.5. The molecule has 0 aliphatic heterocycles. The molecule has 0 saturated heterocycles. The minimum absolute atomic E-state index is 0.00566. The topological polar surface area (TPSA) is 142 Å². The van der Waals surface area contributed by atoms with Gasteiger partial charge in [0, 0.05) is 24.5 Å². The molecule has 1 amide bonds. The number of nitrogens with two attached hydrogens (primary N) is 1. The Morgan fingerprint density at radius 1 is 0.714 bits per heavy atom. The van der Waals surface area contributed by atoms with Crippen molar-refractivity contribution >= 4 is 27.1 Å². The molecule has 2 unspecified atom stereocenters. The molecule has 0 spiro atoms. The molecule has 0 fully saturated rings. The van der Waals surface area contributed by atoms with Gasteiger partial charge in [-0.15, -0.1) is 0 Å². The van der Waals surface area contributed by atoms with Crippen LogP contribution in [0.1, 0.15) is 46.9 Å². The first-order valence-electron chi connectivity index (χ1n) is 14.8. The molecule has 49 heavy (non-hydrogen) atoms. The van der Waals surface area contributed by atoms with E-state index in [9.17, 15) is 49.8 Å². The molecule has 8 nitrogen and oxygen atoms in total. The van der Waals surface area contributed by atoms with E-state index in [0.29, 0.717) is 28.1 Å². The Kier molecular flexibility index (Phi) is 13.4. The van der Waals surface area contributed by atoms with Gasteiger partial charge in [0.2, 0.25) is 5.91 Å².